The van der Waals surface area contributed by atoms with Crippen molar-refractivity contribution in [1.29, 1.82) is 0 Å². The highest BCUT2D eigenvalue weighted by Gasteiger charge is 2.43. The van der Waals surface area contributed by atoms with Crippen LogP contribution in [0.5, 0.6) is 5.75 Å². The number of ether oxygens (including phenoxy) is 2. The lowest BCUT2D eigenvalue weighted by Gasteiger charge is -2.35. The van der Waals surface area contributed by atoms with Crippen LogP contribution in [-0.2, 0) is 14.3 Å². The number of aliphatic imine (C=N–C) groups is 1. The summed E-state index contributed by atoms with van der Waals surface area (Å²) in [5, 5.41) is 0. The van der Waals surface area contributed by atoms with E-state index in [9.17, 15) is 9.59 Å². The summed E-state index contributed by atoms with van der Waals surface area (Å²) in [6.45, 7) is 1.89. The van der Waals surface area contributed by atoms with Gasteiger partial charge in [-0.05, 0) is 79.1 Å². The third-order valence-corrected chi connectivity index (χ3v) is 7.08. The maximum absolute atomic E-state index is 13.4. The Labute approximate surface area is 186 Å². The smallest absolute Gasteiger partial charge is 0.315 e. The van der Waals surface area contributed by atoms with Crippen LogP contribution >= 0.6 is 15.9 Å². The van der Waals surface area contributed by atoms with Gasteiger partial charge in [-0.25, -0.2) is 0 Å². The Morgan fingerprint density at radius 2 is 1.90 bits per heavy atom. The summed E-state index contributed by atoms with van der Waals surface area (Å²) >= 11 is 3.56. The van der Waals surface area contributed by atoms with Gasteiger partial charge in [-0.1, -0.05) is 12.5 Å². The number of nitrogens with zero attached hydrogens (tertiary/aromatic N) is 1. The van der Waals surface area contributed by atoms with Gasteiger partial charge in [-0.2, -0.15) is 0 Å². The molecule has 0 aromatic heterocycles. The summed E-state index contributed by atoms with van der Waals surface area (Å²) in [5.74, 6) is -0.396. The lowest BCUT2D eigenvalue weighted by Crippen LogP contribution is -2.38. The monoisotopic (exact) mass is 473 g/mol. The molecule has 0 saturated heterocycles. The van der Waals surface area contributed by atoms with Crippen molar-refractivity contribution in [2.75, 3.05) is 7.11 Å². The molecule has 30 heavy (non-hydrogen) atoms. The van der Waals surface area contributed by atoms with Crippen LogP contribution in [0, 0.1) is 5.92 Å². The number of rotatable bonds is 4. The lowest BCUT2D eigenvalue weighted by molar-refractivity contribution is -0.153. The van der Waals surface area contributed by atoms with Gasteiger partial charge in [0, 0.05) is 29.3 Å². The molecule has 2 aliphatic carbocycles. The van der Waals surface area contributed by atoms with Crippen LogP contribution in [0.15, 0.2) is 38.9 Å². The van der Waals surface area contributed by atoms with E-state index in [-0.39, 0.29) is 23.8 Å². The normalized spacial score (nSPS) is 24.9. The van der Waals surface area contributed by atoms with Crippen molar-refractivity contribution in [3.63, 3.8) is 0 Å². The average molecular weight is 474 g/mol. The Balaban J connectivity index is 1.74. The SMILES string of the molecule is COc1ccc([C@@H]2C3=C(CCCC3=O)N=C(C)C2C(=O)OC2CCCCC2)cc1Br. The van der Waals surface area contributed by atoms with Crippen molar-refractivity contribution in [2.24, 2.45) is 10.9 Å². The van der Waals surface area contributed by atoms with Gasteiger partial charge in [0.1, 0.15) is 17.8 Å². The molecule has 0 amide bonds. The van der Waals surface area contributed by atoms with Crippen molar-refractivity contribution in [1.82, 2.24) is 0 Å². The van der Waals surface area contributed by atoms with Gasteiger partial charge in [0.15, 0.2) is 5.78 Å². The molecule has 2 atom stereocenters. The number of hydrogen-bond acceptors (Lipinski definition) is 5. The molecular formula is C24H28BrNO4. The molecule has 4 rings (SSSR count). The molecule has 160 valence electrons. The minimum absolute atomic E-state index is 0.0280. The van der Waals surface area contributed by atoms with E-state index in [1.807, 2.05) is 25.1 Å². The molecule has 0 spiro atoms. The minimum atomic E-state index is -0.576. The summed E-state index contributed by atoms with van der Waals surface area (Å²) in [4.78, 5) is 31.1. The first-order valence-electron chi connectivity index (χ1n) is 10.8. The molecule has 0 N–H and O–H groups in total. The van der Waals surface area contributed by atoms with Gasteiger partial charge in [0.25, 0.3) is 0 Å². The molecule has 1 heterocycles. The predicted octanol–water partition coefficient (Wildman–Crippen LogP) is 5.52. The minimum Gasteiger partial charge on any atom is -0.496 e. The van der Waals surface area contributed by atoms with Crippen LogP contribution in [-0.4, -0.2) is 30.7 Å². The van der Waals surface area contributed by atoms with Crippen molar-refractivity contribution in [2.45, 2.75) is 70.3 Å². The molecule has 5 nitrogen and oxygen atoms in total. The van der Waals surface area contributed by atoms with Gasteiger partial charge in [-0.15, -0.1) is 0 Å². The van der Waals surface area contributed by atoms with Crippen LogP contribution < -0.4 is 4.74 Å². The van der Waals surface area contributed by atoms with Crippen molar-refractivity contribution < 1.29 is 19.1 Å². The van der Waals surface area contributed by atoms with Crippen LogP contribution in [0.3, 0.4) is 0 Å². The largest absolute Gasteiger partial charge is 0.496 e. The summed E-state index contributed by atoms with van der Waals surface area (Å²) in [7, 11) is 1.62. The molecule has 6 heteroatoms. The van der Waals surface area contributed by atoms with Gasteiger partial charge < -0.3 is 9.47 Å². The number of carbonyl (C=O) groups is 2. The van der Waals surface area contributed by atoms with Crippen molar-refractivity contribution in [3.05, 3.63) is 39.5 Å². The fraction of sp³-hybridized carbons (Fsp3) is 0.542. The van der Waals surface area contributed by atoms with Crippen LogP contribution in [0.2, 0.25) is 0 Å². The fourth-order valence-electron chi connectivity index (χ4n) is 4.97. The van der Waals surface area contributed by atoms with Crippen LogP contribution in [0.25, 0.3) is 0 Å². The van der Waals surface area contributed by atoms with E-state index in [4.69, 9.17) is 14.5 Å². The third kappa shape index (κ3) is 4.11. The number of halogens is 1. The van der Waals surface area contributed by atoms with Gasteiger partial charge >= 0.3 is 5.97 Å². The molecule has 1 aliphatic heterocycles. The first-order valence-corrected chi connectivity index (χ1v) is 11.6. The second-order valence-electron chi connectivity index (χ2n) is 8.44. The van der Waals surface area contributed by atoms with E-state index in [0.29, 0.717) is 17.7 Å². The van der Waals surface area contributed by atoms with Crippen LogP contribution in [0.1, 0.15) is 69.8 Å². The predicted molar refractivity (Wildman–Crippen MR) is 119 cm³/mol. The summed E-state index contributed by atoms with van der Waals surface area (Å²) in [5.41, 5.74) is 3.17. The van der Waals surface area contributed by atoms with Gasteiger partial charge in [0.2, 0.25) is 0 Å². The maximum atomic E-state index is 13.4. The number of allylic oxidation sites excluding steroid dienone is 2. The Kier molecular flexibility index (Phi) is 6.42. The Morgan fingerprint density at radius 3 is 2.60 bits per heavy atom. The van der Waals surface area contributed by atoms with E-state index >= 15 is 0 Å². The van der Waals surface area contributed by atoms with E-state index in [1.165, 1.54) is 6.42 Å². The highest BCUT2D eigenvalue weighted by Crippen LogP contribution is 2.45. The number of Topliss-reactive ketones (excluding diaryl/α,β-unsaturated/α-hetero) is 1. The van der Waals surface area contributed by atoms with Gasteiger partial charge in [0.05, 0.1) is 11.6 Å². The summed E-state index contributed by atoms with van der Waals surface area (Å²) in [6.07, 6.45) is 7.29. The summed E-state index contributed by atoms with van der Waals surface area (Å²) < 4.78 is 12.1. The average Bonchev–Trinajstić information content (AvgIpc) is 2.73. The molecule has 1 saturated carbocycles. The Morgan fingerprint density at radius 1 is 1.13 bits per heavy atom. The number of ketones is 1. The molecular weight excluding hydrogens is 446 g/mol. The molecule has 0 radical (unpaired) electrons. The second kappa shape index (κ2) is 9.04. The second-order valence-corrected chi connectivity index (χ2v) is 9.29. The zero-order valence-electron chi connectivity index (χ0n) is 17.6. The highest BCUT2D eigenvalue weighted by molar-refractivity contribution is 9.10. The number of carbonyl (C=O) groups excluding carboxylic acids is 2. The van der Waals surface area contributed by atoms with Crippen LogP contribution in [0.4, 0.5) is 0 Å². The van der Waals surface area contributed by atoms with Crippen molar-refractivity contribution >= 4 is 33.4 Å². The first-order chi connectivity index (χ1) is 14.5. The Bertz CT molecular complexity index is 914. The van der Waals surface area contributed by atoms with Gasteiger partial charge in [-0.3, -0.25) is 14.6 Å². The first kappa shape index (κ1) is 21.3. The zero-order chi connectivity index (χ0) is 21.3. The number of benzene rings is 1. The van der Waals surface area contributed by atoms with E-state index < -0.39 is 5.92 Å². The van der Waals surface area contributed by atoms with E-state index in [1.54, 1.807) is 7.11 Å². The highest BCUT2D eigenvalue weighted by atomic mass is 79.9. The zero-order valence-corrected chi connectivity index (χ0v) is 19.2. The quantitative estimate of drug-likeness (QED) is 0.540. The lowest BCUT2D eigenvalue weighted by atomic mass is 9.71. The van der Waals surface area contributed by atoms with Crippen molar-refractivity contribution in [3.8, 4) is 5.75 Å². The maximum Gasteiger partial charge on any atom is 0.315 e. The molecule has 1 fully saturated rings. The number of methoxy groups -OCH3 is 1. The molecule has 3 aliphatic rings. The molecule has 1 unspecified atom stereocenters. The Hall–Kier alpha value is -1.95. The molecule has 0 bridgehead atoms. The van der Waals surface area contributed by atoms with E-state index in [0.717, 1.165) is 60.0 Å². The summed E-state index contributed by atoms with van der Waals surface area (Å²) in [6, 6.07) is 5.77. The van der Waals surface area contributed by atoms with E-state index in [2.05, 4.69) is 15.9 Å². The molecule has 1 aromatic rings. The number of esters is 1. The topological polar surface area (TPSA) is 65.0 Å². The fourth-order valence-corrected chi connectivity index (χ4v) is 5.53. The molecule has 1 aromatic carbocycles. The number of hydrogen-bond donors (Lipinski definition) is 0. The standard InChI is InChI=1S/C24H28BrNO4/c1-14-21(24(28)30-16-7-4-3-5-8-16)22(15-11-12-20(29-2)17(25)13-15)23-18(26-14)9-6-10-19(23)27/h11-13,16,21-22H,3-10H2,1-2H3/t21?,22-/m0/s1. The third-order valence-electron chi connectivity index (χ3n) is 6.46.